The molecule has 52 heavy (non-hydrogen) atoms. The van der Waals surface area contributed by atoms with E-state index in [9.17, 15) is 14.9 Å². The number of piperazine rings is 1. The number of nitriles is 1. The van der Waals surface area contributed by atoms with Crippen LogP contribution in [-0.4, -0.2) is 86.1 Å². The number of pyridine rings is 1. The predicted molar refractivity (Wildman–Crippen MR) is 200 cm³/mol. The van der Waals surface area contributed by atoms with E-state index in [0.717, 1.165) is 32.0 Å². The van der Waals surface area contributed by atoms with E-state index >= 15 is 0 Å². The molecule has 7 rings (SSSR count). The van der Waals surface area contributed by atoms with Crippen LogP contribution >= 0.6 is 0 Å². The number of hydrogen-bond donors (Lipinski definition) is 1. The van der Waals surface area contributed by atoms with E-state index in [0.29, 0.717) is 53.4 Å². The summed E-state index contributed by atoms with van der Waals surface area (Å²) in [6.07, 6.45) is 6.30. The van der Waals surface area contributed by atoms with Crippen molar-refractivity contribution in [1.82, 2.24) is 33.9 Å². The molecule has 2 saturated heterocycles. The van der Waals surface area contributed by atoms with Gasteiger partial charge in [-0.1, -0.05) is 18.2 Å². The minimum absolute atomic E-state index is 0.0141. The summed E-state index contributed by atoms with van der Waals surface area (Å²) in [5.41, 5.74) is 7.05. The number of para-hydroxylation sites is 1. The molecule has 0 spiro atoms. The van der Waals surface area contributed by atoms with Crippen LogP contribution in [0.4, 0.5) is 11.6 Å². The molecule has 0 radical (unpaired) electrons. The van der Waals surface area contributed by atoms with Crippen molar-refractivity contribution in [3.05, 3.63) is 107 Å². The molecule has 1 amide bonds. The van der Waals surface area contributed by atoms with Gasteiger partial charge in [-0.25, -0.2) is 19.7 Å². The van der Waals surface area contributed by atoms with E-state index in [1.165, 1.54) is 0 Å². The van der Waals surface area contributed by atoms with Crippen LogP contribution in [0.15, 0.2) is 95.6 Å². The van der Waals surface area contributed by atoms with E-state index in [4.69, 9.17) is 15.5 Å². The number of rotatable bonds is 8. The number of likely N-dealkylation sites (tertiary alicyclic amines) is 1. The van der Waals surface area contributed by atoms with Crippen LogP contribution in [0.2, 0.25) is 0 Å². The van der Waals surface area contributed by atoms with Gasteiger partial charge in [-0.05, 0) is 88.3 Å². The van der Waals surface area contributed by atoms with Gasteiger partial charge < -0.3 is 25.2 Å². The van der Waals surface area contributed by atoms with Crippen LogP contribution in [0.5, 0.6) is 11.5 Å². The van der Waals surface area contributed by atoms with Crippen molar-refractivity contribution >= 4 is 28.6 Å². The minimum Gasteiger partial charge on any atom is -0.457 e. The molecule has 5 aromatic rings. The van der Waals surface area contributed by atoms with Crippen LogP contribution in [0.1, 0.15) is 38.6 Å². The van der Waals surface area contributed by atoms with E-state index in [2.05, 4.69) is 32.9 Å². The maximum atomic E-state index is 14.3. The number of ether oxygens (including phenoxy) is 1. The lowest BCUT2D eigenvalue weighted by molar-refractivity contribution is -0.128. The number of piperidine rings is 1. The van der Waals surface area contributed by atoms with Gasteiger partial charge in [0.25, 0.3) is 5.91 Å². The first kappa shape index (κ1) is 34.4. The second kappa shape index (κ2) is 14.3. The number of allylic oxidation sites excluding steroid dienone is 1. The molecule has 13 nitrogen and oxygen atoms in total. The fourth-order valence-corrected chi connectivity index (χ4v) is 7.03. The molecule has 13 heteroatoms. The monoisotopic (exact) mass is 698 g/mol. The first-order valence-corrected chi connectivity index (χ1v) is 17.5. The molecule has 2 aliphatic heterocycles. The molecule has 1 atom stereocenters. The molecule has 5 heterocycles. The Morgan fingerprint density at radius 1 is 0.962 bits per heavy atom. The Labute approximate surface area is 302 Å². The number of nitrogen functional groups attached to an aromatic ring is 1. The largest absolute Gasteiger partial charge is 0.457 e. The summed E-state index contributed by atoms with van der Waals surface area (Å²) in [7, 11) is 2.11. The van der Waals surface area contributed by atoms with Crippen molar-refractivity contribution in [2.75, 3.05) is 56.9 Å². The first-order valence-electron chi connectivity index (χ1n) is 17.5. The highest BCUT2D eigenvalue weighted by atomic mass is 16.5. The number of amides is 1. The number of fused-ring (bicyclic) bond motifs is 1. The van der Waals surface area contributed by atoms with Gasteiger partial charge in [-0.15, -0.1) is 0 Å². The molecule has 0 bridgehead atoms. The van der Waals surface area contributed by atoms with Crippen LogP contribution in [0, 0.1) is 11.3 Å². The van der Waals surface area contributed by atoms with Gasteiger partial charge in [0, 0.05) is 57.1 Å². The Morgan fingerprint density at radius 2 is 1.67 bits per heavy atom. The van der Waals surface area contributed by atoms with Crippen molar-refractivity contribution in [3.63, 3.8) is 0 Å². The van der Waals surface area contributed by atoms with Gasteiger partial charge in [-0.2, -0.15) is 5.26 Å². The van der Waals surface area contributed by atoms with Gasteiger partial charge in [0.2, 0.25) is 0 Å². The van der Waals surface area contributed by atoms with Gasteiger partial charge in [0.1, 0.15) is 46.1 Å². The number of nitrogens with two attached hydrogens (primary N) is 1. The highest BCUT2D eigenvalue weighted by Crippen LogP contribution is 2.31. The van der Waals surface area contributed by atoms with Crippen LogP contribution in [0.3, 0.4) is 0 Å². The zero-order valence-corrected chi connectivity index (χ0v) is 29.6. The molecule has 2 aromatic carbocycles. The Balaban J connectivity index is 1.15. The summed E-state index contributed by atoms with van der Waals surface area (Å²) in [5.74, 6) is 2.53. The molecular weight excluding hydrogens is 656 g/mol. The third kappa shape index (κ3) is 6.85. The number of benzene rings is 2. The van der Waals surface area contributed by atoms with E-state index < -0.39 is 5.41 Å². The lowest BCUT2D eigenvalue weighted by Crippen LogP contribution is -2.45. The number of carbonyl (C=O) groups excluding carboxylic acids is 1. The molecule has 0 unspecified atom stereocenters. The summed E-state index contributed by atoms with van der Waals surface area (Å²) in [6.45, 7) is 8.15. The Kier molecular flexibility index (Phi) is 9.49. The first-order chi connectivity index (χ1) is 25.1. The number of carbonyl (C=O) groups is 1. The smallest absolute Gasteiger partial charge is 0.334 e. The molecule has 3 aromatic heterocycles. The standard InChI is InChI=1S/C39H42N10O3/c1-39(2,37-43-18-16-33(44-37)46-22-20-45(3)21-23-46)24-27(25-40)36(50)47-19-7-8-29(26-47)48-32-15-17-42-35(41)34(32)49(38(48)51)28-11-13-31(14-12-28)52-30-9-5-4-6-10-30/h4-6,9-18,24,29H,7-8,19-23,26H2,1-3H3,(H2,41,42)/b27-24-/t29-/m1/s1. The zero-order chi connectivity index (χ0) is 36.4. The van der Waals surface area contributed by atoms with Crippen LogP contribution < -0.4 is 21.1 Å². The van der Waals surface area contributed by atoms with E-state index in [-0.39, 0.29) is 35.6 Å². The number of nitrogens with zero attached hydrogens (tertiary/aromatic N) is 9. The number of likely N-dealkylation sites (N-methyl/N-ethyl adjacent to an activating group) is 1. The van der Waals surface area contributed by atoms with Crippen LogP contribution in [-0.2, 0) is 10.2 Å². The van der Waals surface area contributed by atoms with Gasteiger partial charge in [0.05, 0.1) is 17.2 Å². The van der Waals surface area contributed by atoms with Crippen molar-refractivity contribution < 1.29 is 9.53 Å². The highest BCUT2D eigenvalue weighted by Gasteiger charge is 2.32. The molecule has 0 aliphatic carbocycles. The summed E-state index contributed by atoms with van der Waals surface area (Å²) < 4.78 is 9.22. The molecular formula is C39H42N10O3. The summed E-state index contributed by atoms with van der Waals surface area (Å²) >= 11 is 0. The Bertz CT molecular complexity index is 2210. The maximum Gasteiger partial charge on any atom is 0.334 e. The fourth-order valence-electron chi connectivity index (χ4n) is 7.03. The molecule has 2 fully saturated rings. The van der Waals surface area contributed by atoms with Crippen molar-refractivity contribution in [2.24, 2.45) is 0 Å². The maximum absolute atomic E-state index is 14.3. The van der Waals surface area contributed by atoms with E-state index in [1.807, 2.05) is 62.4 Å². The second-order valence-electron chi connectivity index (χ2n) is 13.9. The van der Waals surface area contributed by atoms with Gasteiger partial charge >= 0.3 is 5.69 Å². The van der Waals surface area contributed by atoms with Gasteiger partial charge in [-0.3, -0.25) is 13.9 Å². The van der Waals surface area contributed by atoms with Crippen LogP contribution in [0.25, 0.3) is 16.7 Å². The number of aromatic nitrogens is 5. The highest BCUT2D eigenvalue weighted by molar-refractivity contribution is 5.97. The quantitative estimate of drug-likeness (QED) is 0.179. The summed E-state index contributed by atoms with van der Waals surface area (Å²) in [6, 6.07) is 22.1. The predicted octanol–water partition coefficient (Wildman–Crippen LogP) is 4.69. The van der Waals surface area contributed by atoms with E-state index in [1.54, 1.807) is 50.7 Å². The molecule has 266 valence electrons. The number of hydrogen-bond acceptors (Lipinski definition) is 10. The lowest BCUT2D eigenvalue weighted by Gasteiger charge is -2.34. The number of anilines is 2. The average molecular weight is 699 g/mol. The average Bonchev–Trinajstić information content (AvgIpc) is 3.47. The third-order valence-corrected chi connectivity index (χ3v) is 9.83. The normalized spacial score (nSPS) is 17.3. The zero-order valence-electron chi connectivity index (χ0n) is 29.6. The SMILES string of the molecule is CN1CCN(c2ccnc(C(C)(C)/C=C(/C#N)C(=O)N3CCC[C@@H](n4c(=O)n(-c5ccc(Oc6ccccc6)cc5)c5c(N)nccc54)C3)n2)CC1. The Hall–Kier alpha value is -6.00. The number of imidazole rings is 1. The third-order valence-electron chi connectivity index (χ3n) is 9.83. The van der Waals surface area contributed by atoms with Crippen molar-refractivity contribution in [3.8, 4) is 23.3 Å². The van der Waals surface area contributed by atoms with Crippen molar-refractivity contribution in [1.29, 1.82) is 5.26 Å². The molecule has 0 saturated carbocycles. The van der Waals surface area contributed by atoms with Crippen molar-refractivity contribution in [2.45, 2.75) is 38.1 Å². The molecule has 2 N–H and O–H groups in total. The minimum atomic E-state index is -0.797. The lowest BCUT2D eigenvalue weighted by atomic mass is 9.89. The Morgan fingerprint density at radius 3 is 2.40 bits per heavy atom. The fraction of sp³-hybridized carbons (Fsp3) is 0.333. The molecule has 2 aliphatic rings. The van der Waals surface area contributed by atoms with Gasteiger partial charge in [0.15, 0.2) is 0 Å². The topological polar surface area (TPSA) is 151 Å². The second-order valence-corrected chi connectivity index (χ2v) is 13.9. The summed E-state index contributed by atoms with van der Waals surface area (Å²) in [4.78, 5) is 48.2. The summed E-state index contributed by atoms with van der Waals surface area (Å²) in [5, 5.41) is 10.2.